The third-order valence-corrected chi connectivity index (χ3v) is 3.39. The number of hydrogen-bond acceptors (Lipinski definition) is 6. The van der Waals surface area contributed by atoms with Crippen LogP contribution in [0.2, 0.25) is 0 Å². The van der Waals surface area contributed by atoms with Crippen LogP contribution in [0.1, 0.15) is 6.92 Å². The van der Waals surface area contributed by atoms with Crippen LogP contribution in [-0.2, 0) is 7.05 Å². The van der Waals surface area contributed by atoms with Crippen LogP contribution >= 0.6 is 0 Å². The summed E-state index contributed by atoms with van der Waals surface area (Å²) >= 11 is 0. The molecule has 0 bridgehead atoms. The third-order valence-electron chi connectivity index (χ3n) is 3.39. The maximum atomic E-state index is 5.56. The summed E-state index contributed by atoms with van der Waals surface area (Å²) in [5.41, 5.74) is 2.45. The fraction of sp³-hybridized carbons (Fsp3) is 0.235. The van der Waals surface area contributed by atoms with Crippen molar-refractivity contribution in [2.45, 2.75) is 6.92 Å². The van der Waals surface area contributed by atoms with Crippen molar-refractivity contribution in [2.24, 2.45) is 7.05 Å². The number of nitrogens with zero attached hydrogens (tertiary/aromatic N) is 4. The van der Waals surface area contributed by atoms with Gasteiger partial charge in [0, 0.05) is 19.4 Å². The number of aromatic nitrogens is 4. The average Bonchev–Trinajstić information content (AvgIpc) is 3.03. The SMILES string of the molecule is CCOc1cnccc1Nc1ccc(-c2ccn(C)n2)c(OC)n1. The van der Waals surface area contributed by atoms with Gasteiger partial charge >= 0.3 is 0 Å². The largest absolute Gasteiger partial charge is 0.490 e. The van der Waals surface area contributed by atoms with Gasteiger partial charge in [-0.15, -0.1) is 0 Å². The molecule has 0 radical (unpaired) electrons. The smallest absolute Gasteiger partial charge is 0.224 e. The van der Waals surface area contributed by atoms with Crippen LogP contribution in [-0.4, -0.2) is 33.5 Å². The lowest BCUT2D eigenvalue weighted by molar-refractivity contribution is 0.340. The Hall–Kier alpha value is -3.09. The molecule has 0 unspecified atom stereocenters. The summed E-state index contributed by atoms with van der Waals surface area (Å²) < 4.78 is 12.7. The number of hydrogen-bond donors (Lipinski definition) is 1. The summed E-state index contributed by atoms with van der Waals surface area (Å²) in [4.78, 5) is 8.59. The van der Waals surface area contributed by atoms with E-state index in [1.54, 1.807) is 24.2 Å². The third kappa shape index (κ3) is 3.29. The minimum atomic E-state index is 0.505. The first-order valence-corrected chi connectivity index (χ1v) is 7.60. The second-order valence-electron chi connectivity index (χ2n) is 5.06. The number of nitrogens with one attached hydrogen (secondary N) is 1. The molecule has 0 fully saturated rings. The molecule has 0 spiro atoms. The van der Waals surface area contributed by atoms with E-state index in [2.05, 4.69) is 20.4 Å². The minimum Gasteiger partial charge on any atom is -0.490 e. The Bertz CT molecular complexity index is 831. The second-order valence-corrected chi connectivity index (χ2v) is 5.06. The number of ether oxygens (including phenoxy) is 2. The van der Waals surface area contributed by atoms with Crippen molar-refractivity contribution < 1.29 is 9.47 Å². The van der Waals surface area contributed by atoms with Crippen LogP contribution in [0.3, 0.4) is 0 Å². The molecule has 0 saturated heterocycles. The minimum absolute atomic E-state index is 0.505. The summed E-state index contributed by atoms with van der Waals surface area (Å²) in [6.07, 6.45) is 5.25. The topological polar surface area (TPSA) is 74.1 Å². The van der Waals surface area contributed by atoms with Gasteiger partial charge in [0.15, 0.2) is 5.75 Å². The van der Waals surface area contributed by atoms with Gasteiger partial charge in [0.1, 0.15) is 5.82 Å². The second kappa shape index (κ2) is 6.99. The van der Waals surface area contributed by atoms with E-state index in [-0.39, 0.29) is 0 Å². The summed E-state index contributed by atoms with van der Waals surface area (Å²) in [6, 6.07) is 7.56. The summed E-state index contributed by atoms with van der Waals surface area (Å²) in [6.45, 7) is 2.50. The van der Waals surface area contributed by atoms with Gasteiger partial charge in [0.05, 0.1) is 36.9 Å². The quantitative estimate of drug-likeness (QED) is 0.751. The first kappa shape index (κ1) is 15.8. The van der Waals surface area contributed by atoms with Gasteiger partial charge in [-0.1, -0.05) is 0 Å². The van der Waals surface area contributed by atoms with Gasteiger partial charge in [0.2, 0.25) is 5.88 Å². The van der Waals surface area contributed by atoms with E-state index in [4.69, 9.17) is 9.47 Å². The van der Waals surface area contributed by atoms with E-state index in [0.717, 1.165) is 16.9 Å². The van der Waals surface area contributed by atoms with Gasteiger partial charge in [-0.25, -0.2) is 0 Å². The van der Waals surface area contributed by atoms with Gasteiger partial charge in [-0.3, -0.25) is 9.67 Å². The number of methoxy groups -OCH3 is 1. The van der Waals surface area contributed by atoms with Crippen molar-refractivity contribution >= 4 is 11.5 Å². The molecule has 0 atom stereocenters. The molecule has 3 rings (SSSR count). The number of pyridine rings is 2. The molecule has 0 saturated carbocycles. The lowest BCUT2D eigenvalue weighted by Gasteiger charge is -2.12. The highest BCUT2D eigenvalue weighted by Crippen LogP contribution is 2.31. The molecule has 0 aromatic carbocycles. The maximum absolute atomic E-state index is 5.56. The first-order chi connectivity index (χ1) is 11.7. The molecule has 0 aliphatic rings. The Kier molecular flexibility index (Phi) is 4.60. The lowest BCUT2D eigenvalue weighted by Crippen LogP contribution is -2.01. The van der Waals surface area contributed by atoms with E-state index in [1.807, 2.05) is 44.4 Å². The zero-order valence-corrected chi connectivity index (χ0v) is 13.9. The standard InChI is InChI=1S/C17H19N5O2/c1-4-24-15-11-18-9-7-14(15)19-16-6-5-12(17(20-16)23-3)13-8-10-22(2)21-13/h5-11H,4H2,1-3H3,(H,18,19,20). The number of aryl methyl sites for hydroxylation is 1. The molecular weight excluding hydrogens is 306 g/mol. The van der Waals surface area contributed by atoms with Crippen LogP contribution in [0.4, 0.5) is 11.5 Å². The molecule has 7 nitrogen and oxygen atoms in total. The van der Waals surface area contributed by atoms with Crippen LogP contribution in [0.5, 0.6) is 11.6 Å². The normalized spacial score (nSPS) is 10.5. The van der Waals surface area contributed by atoms with Crippen LogP contribution in [0.25, 0.3) is 11.3 Å². The van der Waals surface area contributed by atoms with Gasteiger partial charge < -0.3 is 14.8 Å². The van der Waals surface area contributed by atoms with E-state index >= 15 is 0 Å². The van der Waals surface area contributed by atoms with Crippen molar-refractivity contribution in [3.8, 4) is 22.9 Å². The monoisotopic (exact) mass is 325 g/mol. The Balaban J connectivity index is 1.90. The molecule has 3 aromatic rings. The van der Waals surface area contributed by atoms with E-state index < -0.39 is 0 Å². The predicted octanol–water partition coefficient (Wildman–Crippen LogP) is 3.03. The van der Waals surface area contributed by atoms with Crippen molar-refractivity contribution in [1.82, 2.24) is 19.7 Å². The molecule has 0 amide bonds. The number of anilines is 2. The first-order valence-electron chi connectivity index (χ1n) is 7.60. The van der Waals surface area contributed by atoms with Gasteiger partial charge in [-0.05, 0) is 31.2 Å². The maximum Gasteiger partial charge on any atom is 0.224 e. The molecule has 24 heavy (non-hydrogen) atoms. The summed E-state index contributed by atoms with van der Waals surface area (Å²) in [5, 5.41) is 7.62. The zero-order valence-electron chi connectivity index (χ0n) is 13.9. The fourth-order valence-corrected chi connectivity index (χ4v) is 2.31. The van der Waals surface area contributed by atoms with Gasteiger partial charge in [-0.2, -0.15) is 10.1 Å². The molecule has 3 aromatic heterocycles. The van der Waals surface area contributed by atoms with Gasteiger partial charge in [0.25, 0.3) is 0 Å². The van der Waals surface area contributed by atoms with E-state index in [1.165, 1.54) is 0 Å². The van der Waals surface area contributed by atoms with Crippen LogP contribution in [0.15, 0.2) is 42.9 Å². The highest BCUT2D eigenvalue weighted by Gasteiger charge is 2.12. The number of rotatable bonds is 6. The van der Waals surface area contributed by atoms with Crippen molar-refractivity contribution in [3.63, 3.8) is 0 Å². The molecule has 1 N–H and O–H groups in total. The van der Waals surface area contributed by atoms with E-state index in [9.17, 15) is 0 Å². The highest BCUT2D eigenvalue weighted by atomic mass is 16.5. The predicted molar refractivity (Wildman–Crippen MR) is 91.7 cm³/mol. The average molecular weight is 325 g/mol. The molecule has 7 heteroatoms. The Morgan fingerprint density at radius 2 is 2.08 bits per heavy atom. The summed E-state index contributed by atoms with van der Waals surface area (Å²) in [7, 11) is 3.47. The Morgan fingerprint density at radius 1 is 1.21 bits per heavy atom. The van der Waals surface area contributed by atoms with Crippen molar-refractivity contribution in [1.29, 1.82) is 0 Å². The molecule has 0 aliphatic heterocycles. The molecule has 0 aliphatic carbocycles. The lowest BCUT2D eigenvalue weighted by atomic mass is 10.2. The van der Waals surface area contributed by atoms with Crippen molar-refractivity contribution in [3.05, 3.63) is 42.9 Å². The fourth-order valence-electron chi connectivity index (χ4n) is 2.31. The van der Waals surface area contributed by atoms with Crippen LogP contribution in [0, 0.1) is 0 Å². The highest BCUT2D eigenvalue weighted by molar-refractivity contribution is 5.69. The van der Waals surface area contributed by atoms with Crippen LogP contribution < -0.4 is 14.8 Å². The molecular formula is C17H19N5O2. The Morgan fingerprint density at radius 3 is 2.79 bits per heavy atom. The molecule has 3 heterocycles. The molecule has 124 valence electrons. The zero-order chi connectivity index (χ0) is 16.9. The summed E-state index contributed by atoms with van der Waals surface area (Å²) in [5.74, 6) is 1.83. The Labute approximate surface area is 140 Å². The van der Waals surface area contributed by atoms with Crippen molar-refractivity contribution in [2.75, 3.05) is 19.0 Å². The van der Waals surface area contributed by atoms with E-state index in [0.29, 0.717) is 24.1 Å².